The summed E-state index contributed by atoms with van der Waals surface area (Å²) in [6, 6.07) is 0.505. The molecule has 1 nitrogen and oxygen atoms in total. The van der Waals surface area contributed by atoms with Gasteiger partial charge in [0.05, 0.1) is 0 Å². The molecule has 0 saturated heterocycles. The van der Waals surface area contributed by atoms with Crippen LogP contribution in [0.15, 0.2) is 0 Å². The Labute approximate surface area is 64.2 Å². The van der Waals surface area contributed by atoms with Crippen molar-refractivity contribution in [2.75, 3.05) is 0 Å². The number of hydrogen-bond acceptors (Lipinski definition) is 1. The fourth-order valence-electron chi connectivity index (χ4n) is 1.17. The topological polar surface area (TPSA) is 26.0 Å². The molecular weight excluding hydrogens is 213 g/mol. The van der Waals surface area contributed by atoms with Gasteiger partial charge in [-0.25, -0.2) is 0 Å². The number of halogens is 1. The Kier molecular flexibility index (Phi) is 2.56. The van der Waals surface area contributed by atoms with E-state index in [9.17, 15) is 0 Å². The van der Waals surface area contributed by atoms with Crippen LogP contribution in [0.4, 0.5) is 0 Å². The summed E-state index contributed by atoms with van der Waals surface area (Å²) in [4.78, 5) is 0. The fraction of sp³-hybridized carbons (Fsp3) is 1.00. The highest BCUT2D eigenvalue weighted by atomic mass is 127. The number of hydrogen-bond donors (Lipinski definition) is 1. The van der Waals surface area contributed by atoms with Crippen molar-refractivity contribution in [1.82, 2.24) is 0 Å². The van der Waals surface area contributed by atoms with E-state index in [4.69, 9.17) is 5.73 Å². The molecular formula is C6H12IN. The van der Waals surface area contributed by atoms with Crippen LogP contribution in [0.25, 0.3) is 0 Å². The van der Waals surface area contributed by atoms with Crippen molar-refractivity contribution >= 4 is 22.6 Å². The predicted molar refractivity (Wildman–Crippen MR) is 44.3 cm³/mol. The number of rotatable bonds is 0. The van der Waals surface area contributed by atoms with Crippen molar-refractivity contribution in [1.29, 1.82) is 0 Å². The van der Waals surface area contributed by atoms with Crippen LogP contribution in [0.2, 0.25) is 0 Å². The molecule has 1 rings (SSSR count). The van der Waals surface area contributed by atoms with Crippen LogP contribution < -0.4 is 5.73 Å². The fourth-order valence-corrected chi connectivity index (χ4v) is 2.26. The Morgan fingerprint density at radius 2 is 2.12 bits per heavy atom. The third-order valence-corrected chi connectivity index (χ3v) is 2.78. The molecule has 0 heterocycles. The van der Waals surface area contributed by atoms with Gasteiger partial charge in [-0.1, -0.05) is 29.0 Å². The third kappa shape index (κ3) is 1.90. The lowest BCUT2D eigenvalue weighted by molar-refractivity contribution is 0.461. The van der Waals surface area contributed by atoms with Gasteiger partial charge in [0, 0.05) is 9.97 Å². The standard InChI is InChI=1S/C6H12IN/c7-5-2-1-3-6(8)4-5/h5-6H,1-4,8H2/t5?,6-/m0/s1. The zero-order valence-corrected chi connectivity index (χ0v) is 7.10. The summed E-state index contributed by atoms with van der Waals surface area (Å²) in [7, 11) is 0. The van der Waals surface area contributed by atoms with Crippen LogP contribution >= 0.6 is 22.6 Å². The average Bonchev–Trinajstić information content (AvgIpc) is 1.64. The summed E-state index contributed by atoms with van der Waals surface area (Å²) < 4.78 is 0.858. The monoisotopic (exact) mass is 225 g/mol. The highest BCUT2D eigenvalue weighted by Gasteiger charge is 2.15. The first-order chi connectivity index (χ1) is 3.79. The van der Waals surface area contributed by atoms with Gasteiger partial charge in [0.15, 0.2) is 0 Å². The van der Waals surface area contributed by atoms with Gasteiger partial charge in [-0.3, -0.25) is 0 Å². The summed E-state index contributed by atoms with van der Waals surface area (Å²) in [6.45, 7) is 0. The molecule has 1 aliphatic carbocycles. The van der Waals surface area contributed by atoms with Crippen molar-refractivity contribution in [2.45, 2.75) is 35.6 Å². The summed E-state index contributed by atoms with van der Waals surface area (Å²) >= 11 is 2.49. The molecule has 0 radical (unpaired) electrons. The Bertz CT molecular complexity index is 66.9. The molecule has 2 atom stereocenters. The molecule has 0 aromatic rings. The van der Waals surface area contributed by atoms with Gasteiger partial charge >= 0.3 is 0 Å². The lowest BCUT2D eigenvalue weighted by Gasteiger charge is -2.21. The van der Waals surface area contributed by atoms with Gasteiger partial charge in [-0.2, -0.15) is 0 Å². The van der Waals surface area contributed by atoms with Gasteiger partial charge in [0.25, 0.3) is 0 Å². The lowest BCUT2D eigenvalue weighted by Crippen LogP contribution is -2.27. The van der Waals surface area contributed by atoms with E-state index < -0.39 is 0 Å². The van der Waals surface area contributed by atoms with E-state index in [-0.39, 0.29) is 0 Å². The SMILES string of the molecule is N[C@H]1CCCC(I)C1. The van der Waals surface area contributed by atoms with Gasteiger partial charge in [-0.15, -0.1) is 0 Å². The minimum absolute atomic E-state index is 0.505. The Morgan fingerprint density at radius 1 is 1.38 bits per heavy atom. The van der Waals surface area contributed by atoms with Crippen molar-refractivity contribution in [3.05, 3.63) is 0 Å². The van der Waals surface area contributed by atoms with Gasteiger partial charge in [0.1, 0.15) is 0 Å². The predicted octanol–water partition coefficient (Wildman–Crippen LogP) is 1.69. The van der Waals surface area contributed by atoms with E-state index in [1.165, 1.54) is 25.7 Å². The average molecular weight is 225 g/mol. The van der Waals surface area contributed by atoms with Crippen molar-refractivity contribution in [3.8, 4) is 0 Å². The first kappa shape index (κ1) is 6.81. The molecule has 0 spiro atoms. The Hall–Kier alpha value is 0.690. The molecule has 1 unspecified atom stereocenters. The quantitative estimate of drug-likeness (QED) is 0.492. The van der Waals surface area contributed by atoms with Crippen LogP contribution in [0.5, 0.6) is 0 Å². The highest BCUT2D eigenvalue weighted by molar-refractivity contribution is 14.1. The lowest BCUT2D eigenvalue weighted by atomic mass is 9.96. The zero-order valence-electron chi connectivity index (χ0n) is 4.94. The molecule has 0 bridgehead atoms. The van der Waals surface area contributed by atoms with E-state index in [0.29, 0.717) is 6.04 Å². The van der Waals surface area contributed by atoms with Crippen LogP contribution in [0, 0.1) is 0 Å². The van der Waals surface area contributed by atoms with Crippen LogP contribution in [0.3, 0.4) is 0 Å². The molecule has 0 aromatic carbocycles. The van der Waals surface area contributed by atoms with Gasteiger partial charge in [-0.05, 0) is 19.3 Å². The molecule has 2 N–H and O–H groups in total. The zero-order chi connectivity index (χ0) is 5.98. The second-order valence-electron chi connectivity index (χ2n) is 2.52. The molecule has 0 amide bonds. The van der Waals surface area contributed by atoms with E-state index in [1.54, 1.807) is 0 Å². The molecule has 1 aliphatic rings. The van der Waals surface area contributed by atoms with Crippen molar-refractivity contribution in [2.24, 2.45) is 5.73 Å². The smallest absolute Gasteiger partial charge is 0.0124 e. The van der Waals surface area contributed by atoms with E-state index in [2.05, 4.69) is 22.6 Å². The molecule has 1 fully saturated rings. The molecule has 48 valence electrons. The second-order valence-corrected chi connectivity index (χ2v) is 4.29. The molecule has 2 heteroatoms. The number of alkyl halides is 1. The first-order valence-corrected chi connectivity index (χ1v) is 4.43. The maximum Gasteiger partial charge on any atom is 0.0124 e. The highest BCUT2D eigenvalue weighted by Crippen LogP contribution is 2.22. The van der Waals surface area contributed by atoms with Crippen molar-refractivity contribution < 1.29 is 0 Å². The summed E-state index contributed by atoms with van der Waals surface area (Å²) in [5.41, 5.74) is 5.72. The number of nitrogens with two attached hydrogens (primary N) is 1. The Balaban J connectivity index is 2.23. The molecule has 0 aliphatic heterocycles. The van der Waals surface area contributed by atoms with Crippen molar-refractivity contribution in [3.63, 3.8) is 0 Å². The second kappa shape index (κ2) is 3.01. The Morgan fingerprint density at radius 3 is 2.50 bits per heavy atom. The molecule has 1 saturated carbocycles. The minimum atomic E-state index is 0.505. The van der Waals surface area contributed by atoms with Crippen LogP contribution in [0.1, 0.15) is 25.7 Å². The van der Waals surface area contributed by atoms with Gasteiger partial charge in [0.2, 0.25) is 0 Å². The van der Waals surface area contributed by atoms with E-state index in [1.807, 2.05) is 0 Å². The minimum Gasteiger partial charge on any atom is -0.328 e. The van der Waals surface area contributed by atoms with Gasteiger partial charge < -0.3 is 5.73 Å². The summed E-state index contributed by atoms with van der Waals surface area (Å²) in [5.74, 6) is 0. The molecule has 8 heavy (non-hydrogen) atoms. The largest absolute Gasteiger partial charge is 0.328 e. The van der Waals surface area contributed by atoms with E-state index >= 15 is 0 Å². The molecule has 0 aromatic heterocycles. The normalized spacial score (nSPS) is 39.8. The van der Waals surface area contributed by atoms with Crippen LogP contribution in [-0.2, 0) is 0 Å². The summed E-state index contributed by atoms with van der Waals surface area (Å²) in [5, 5.41) is 0. The summed E-state index contributed by atoms with van der Waals surface area (Å²) in [6.07, 6.45) is 5.21. The first-order valence-electron chi connectivity index (χ1n) is 3.18. The van der Waals surface area contributed by atoms with E-state index in [0.717, 1.165) is 3.92 Å². The maximum atomic E-state index is 5.72. The van der Waals surface area contributed by atoms with Crippen LogP contribution in [-0.4, -0.2) is 9.97 Å². The third-order valence-electron chi connectivity index (χ3n) is 1.65. The maximum absolute atomic E-state index is 5.72.